The average Bonchev–Trinajstić information content (AvgIpc) is 2.19. The zero-order chi connectivity index (χ0) is 10.4. The van der Waals surface area contributed by atoms with Gasteiger partial charge in [0.2, 0.25) is 5.91 Å². The van der Waals surface area contributed by atoms with Crippen LogP contribution < -0.4 is 10.6 Å². The van der Waals surface area contributed by atoms with Crippen molar-refractivity contribution in [3.05, 3.63) is 18.6 Å². The van der Waals surface area contributed by atoms with Crippen LogP contribution in [0.15, 0.2) is 18.6 Å². The van der Waals surface area contributed by atoms with E-state index in [2.05, 4.69) is 20.6 Å². The smallest absolute Gasteiger partial charge is 0.229 e. The SMILES string of the molecule is CNCC(C)C(=O)Nc1cnccn1. The quantitative estimate of drug-likeness (QED) is 0.722. The predicted molar refractivity (Wildman–Crippen MR) is 53.8 cm³/mol. The summed E-state index contributed by atoms with van der Waals surface area (Å²) in [5, 5.41) is 5.61. The molecule has 0 aliphatic carbocycles. The van der Waals surface area contributed by atoms with Gasteiger partial charge in [-0.1, -0.05) is 6.92 Å². The van der Waals surface area contributed by atoms with Crippen molar-refractivity contribution in [1.82, 2.24) is 15.3 Å². The fourth-order valence-electron chi connectivity index (χ4n) is 1.01. The van der Waals surface area contributed by atoms with Crippen LogP contribution in [0.1, 0.15) is 6.92 Å². The van der Waals surface area contributed by atoms with Crippen LogP contribution >= 0.6 is 0 Å². The number of rotatable bonds is 4. The van der Waals surface area contributed by atoms with E-state index in [-0.39, 0.29) is 11.8 Å². The molecule has 0 fully saturated rings. The lowest BCUT2D eigenvalue weighted by Crippen LogP contribution is -2.28. The molecule has 0 bridgehead atoms. The highest BCUT2D eigenvalue weighted by molar-refractivity contribution is 5.91. The van der Waals surface area contributed by atoms with Gasteiger partial charge >= 0.3 is 0 Å². The third-order valence-corrected chi connectivity index (χ3v) is 1.77. The molecule has 5 heteroatoms. The minimum absolute atomic E-state index is 0.0557. The van der Waals surface area contributed by atoms with Gasteiger partial charge in [0.15, 0.2) is 5.82 Å². The maximum atomic E-state index is 11.5. The van der Waals surface area contributed by atoms with Gasteiger partial charge in [0, 0.05) is 24.9 Å². The van der Waals surface area contributed by atoms with E-state index < -0.39 is 0 Å². The monoisotopic (exact) mass is 194 g/mol. The third-order valence-electron chi connectivity index (χ3n) is 1.77. The van der Waals surface area contributed by atoms with Gasteiger partial charge in [-0.25, -0.2) is 4.98 Å². The molecule has 1 aromatic rings. The van der Waals surface area contributed by atoms with Gasteiger partial charge < -0.3 is 10.6 Å². The van der Waals surface area contributed by atoms with E-state index in [4.69, 9.17) is 0 Å². The van der Waals surface area contributed by atoms with Crippen molar-refractivity contribution in [2.45, 2.75) is 6.92 Å². The Morgan fingerprint density at radius 2 is 2.36 bits per heavy atom. The molecule has 0 spiro atoms. The van der Waals surface area contributed by atoms with E-state index in [0.29, 0.717) is 12.4 Å². The van der Waals surface area contributed by atoms with E-state index in [1.54, 1.807) is 12.4 Å². The Balaban J connectivity index is 2.49. The number of carbonyl (C=O) groups excluding carboxylic acids is 1. The van der Waals surface area contributed by atoms with Gasteiger partial charge in [0.25, 0.3) is 0 Å². The molecule has 1 rings (SSSR count). The molecule has 2 N–H and O–H groups in total. The molecular formula is C9H14N4O. The number of aromatic nitrogens is 2. The van der Waals surface area contributed by atoms with Crippen LogP contribution in [-0.2, 0) is 4.79 Å². The van der Waals surface area contributed by atoms with Gasteiger partial charge in [0.05, 0.1) is 6.20 Å². The molecule has 14 heavy (non-hydrogen) atoms. The Labute approximate surface area is 83.0 Å². The lowest BCUT2D eigenvalue weighted by Gasteiger charge is -2.10. The summed E-state index contributed by atoms with van der Waals surface area (Å²) in [6.45, 7) is 2.49. The first-order valence-corrected chi connectivity index (χ1v) is 4.45. The molecule has 1 aromatic heterocycles. The van der Waals surface area contributed by atoms with Crippen molar-refractivity contribution in [2.75, 3.05) is 18.9 Å². The van der Waals surface area contributed by atoms with Crippen LogP contribution in [0.2, 0.25) is 0 Å². The Hall–Kier alpha value is -1.49. The minimum atomic E-state index is -0.0815. The lowest BCUT2D eigenvalue weighted by atomic mass is 10.1. The number of nitrogens with zero attached hydrogens (tertiary/aromatic N) is 2. The van der Waals surface area contributed by atoms with Gasteiger partial charge in [-0.05, 0) is 7.05 Å². The molecule has 0 aliphatic rings. The molecule has 1 amide bonds. The molecule has 0 radical (unpaired) electrons. The molecule has 76 valence electrons. The Morgan fingerprint density at radius 3 is 2.93 bits per heavy atom. The highest BCUT2D eigenvalue weighted by Crippen LogP contribution is 2.01. The number of anilines is 1. The van der Waals surface area contributed by atoms with Gasteiger partial charge in [0.1, 0.15) is 0 Å². The van der Waals surface area contributed by atoms with Crippen molar-refractivity contribution in [2.24, 2.45) is 5.92 Å². The van der Waals surface area contributed by atoms with Crippen molar-refractivity contribution >= 4 is 11.7 Å². The zero-order valence-corrected chi connectivity index (χ0v) is 8.32. The molecule has 1 atom stereocenters. The van der Waals surface area contributed by atoms with Crippen LogP contribution in [0.25, 0.3) is 0 Å². The summed E-state index contributed by atoms with van der Waals surface area (Å²) < 4.78 is 0. The van der Waals surface area contributed by atoms with Gasteiger partial charge in [-0.2, -0.15) is 0 Å². The topological polar surface area (TPSA) is 66.9 Å². The van der Waals surface area contributed by atoms with Crippen LogP contribution in [-0.4, -0.2) is 29.5 Å². The number of hydrogen-bond acceptors (Lipinski definition) is 4. The van der Waals surface area contributed by atoms with Crippen LogP contribution in [0.3, 0.4) is 0 Å². The van der Waals surface area contributed by atoms with E-state index in [1.807, 2.05) is 14.0 Å². The molecule has 5 nitrogen and oxygen atoms in total. The summed E-state index contributed by atoms with van der Waals surface area (Å²) >= 11 is 0. The maximum Gasteiger partial charge on any atom is 0.229 e. The number of hydrogen-bond donors (Lipinski definition) is 2. The lowest BCUT2D eigenvalue weighted by molar-refractivity contribution is -0.119. The summed E-state index contributed by atoms with van der Waals surface area (Å²) in [4.78, 5) is 19.3. The van der Waals surface area contributed by atoms with Gasteiger partial charge in [-0.15, -0.1) is 0 Å². The first kappa shape index (κ1) is 10.6. The molecule has 0 saturated heterocycles. The van der Waals surface area contributed by atoms with E-state index in [9.17, 15) is 4.79 Å². The standard InChI is InChI=1S/C9H14N4O/c1-7(5-10-2)9(14)13-8-6-11-3-4-12-8/h3-4,6-7,10H,5H2,1-2H3,(H,12,13,14). The number of amides is 1. The highest BCUT2D eigenvalue weighted by Gasteiger charge is 2.11. The Morgan fingerprint density at radius 1 is 1.57 bits per heavy atom. The van der Waals surface area contributed by atoms with Crippen LogP contribution in [0.5, 0.6) is 0 Å². The summed E-state index contributed by atoms with van der Waals surface area (Å²) in [7, 11) is 1.81. The fourth-order valence-corrected chi connectivity index (χ4v) is 1.01. The normalized spacial score (nSPS) is 12.1. The Kier molecular flexibility index (Phi) is 4.00. The molecule has 0 saturated carbocycles. The van der Waals surface area contributed by atoms with Crippen molar-refractivity contribution in [3.63, 3.8) is 0 Å². The van der Waals surface area contributed by atoms with E-state index >= 15 is 0 Å². The predicted octanol–water partition coefficient (Wildman–Crippen LogP) is 0.271. The summed E-state index contributed by atoms with van der Waals surface area (Å²) in [5.41, 5.74) is 0. The molecule has 1 unspecified atom stereocenters. The first-order valence-electron chi connectivity index (χ1n) is 4.45. The number of nitrogens with one attached hydrogen (secondary N) is 2. The van der Waals surface area contributed by atoms with Crippen molar-refractivity contribution < 1.29 is 4.79 Å². The second-order valence-electron chi connectivity index (χ2n) is 3.04. The highest BCUT2D eigenvalue weighted by atomic mass is 16.1. The van der Waals surface area contributed by atoms with E-state index in [0.717, 1.165) is 0 Å². The second kappa shape index (κ2) is 5.29. The second-order valence-corrected chi connectivity index (χ2v) is 3.04. The number of carbonyl (C=O) groups is 1. The minimum Gasteiger partial charge on any atom is -0.319 e. The van der Waals surface area contributed by atoms with E-state index in [1.165, 1.54) is 6.20 Å². The van der Waals surface area contributed by atoms with Crippen LogP contribution in [0.4, 0.5) is 5.82 Å². The Bertz CT molecular complexity index is 288. The molecule has 0 aliphatic heterocycles. The van der Waals surface area contributed by atoms with Crippen molar-refractivity contribution in [3.8, 4) is 0 Å². The average molecular weight is 194 g/mol. The third kappa shape index (κ3) is 3.10. The maximum absolute atomic E-state index is 11.5. The summed E-state index contributed by atoms with van der Waals surface area (Å²) in [5.74, 6) is 0.349. The first-order chi connectivity index (χ1) is 6.74. The fraction of sp³-hybridized carbons (Fsp3) is 0.444. The zero-order valence-electron chi connectivity index (χ0n) is 8.32. The summed E-state index contributed by atoms with van der Waals surface area (Å²) in [6.07, 6.45) is 4.62. The molecule has 0 aromatic carbocycles. The van der Waals surface area contributed by atoms with Crippen molar-refractivity contribution in [1.29, 1.82) is 0 Å². The molecular weight excluding hydrogens is 180 g/mol. The molecule has 1 heterocycles. The largest absolute Gasteiger partial charge is 0.319 e. The van der Waals surface area contributed by atoms with Gasteiger partial charge in [-0.3, -0.25) is 9.78 Å². The van der Waals surface area contributed by atoms with Crippen LogP contribution in [0, 0.1) is 5.92 Å². The summed E-state index contributed by atoms with van der Waals surface area (Å²) in [6, 6.07) is 0.